The lowest BCUT2D eigenvalue weighted by Crippen LogP contribution is -2.53. The lowest BCUT2D eigenvalue weighted by atomic mass is 10.0. The molecule has 1 aliphatic rings. The van der Waals surface area contributed by atoms with Crippen molar-refractivity contribution in [3.05, 3.63) is 59.7 Å². The monoisotopic (exact) mass is 381 g/mol. The number of para-hydroxylation sites is 1. The van der Waals surface area contributed by atoms with Crippen molar-refractivity contribution in [2.45, 2.75) is 32.9 Å². The largest absolute Gasteiger partial charge is 0.497 e. The molecule has 0 bridgehead atoms. The maximum absolute atomic E-state index is 13.1. The van der Waals surface area contributed by atoms with Crippen LogP contribution in [-0.2, 0) is 17.8 Å². The lowest BCUT2D eigenvalue weighted by molar-refractivity contribution is -0.121. The topological polar surface area (TPSA) is 70.7 Å². The van der Waals surface area contributed by atoms with Crippen LogP contribution in [0.3, 0.4) is 0 Å². The zero-order chi connectivity index (χ0) is 20.1. The molecule has 2 N–H and O–H groups in total. The Balaban J connectivity index is 1.62. The van der Waals surface area contributed by atoms with Gasteiger partial charge in [0.05, 0.1) is 7.11 Å². The number of anilines is 1. The van der Waals surface area contributed by atoms with Gasteiger partial charge in [0.1, 0.15) is 11.8 Å². The number of fused-ring (bicyclic) bond motifs is 1. The van der Waals surface area contributed by atoms with Gasteiger partial charge in [-0.05, 0) is 41.7 Å². The molecule has 1 heterocycles. The van der Waals surface area contributed by atoms with E-state index in [1.807, 2.05) is 62.4 Å². The first-order chi connectivity index (χ1) is 13.5. The standard InChI is InChI=1S/C22H27N3O3/c1-15(2)20(21(26)25-12-11-17-8-4-5-10-19(17)25)24-22(27)23-14-16-7-6-9-18(13-16)28-3/h4-10,13,15,20H,11-12,14H2,1-3H3,(H2,23,24,27). The molecule has 3 amide bonds. The zero-order valence-electron chi connectivity index (χ0n) is 16.6. The number of methoxy groups -OCH3 is 1. The van der Waals surface area contributed by atoms with Gasteiger partial charge in [-0.2, -0.15) is 0 Å². The minimum absolute atomic E-state index is 0.0252. The van der Waals surface area contributed by atoms with E-state index in [4.69, 9.17) is 4.74 Å². The van der Waals surface area contributed by atoms with E-state index in [2.05, 4.69) is 10.6 Å². The van der Waals surface area contributed by atoms with Crippen LogP contribution in [0.25, 0.3) is 0 Å². The first kappa shape index (κ1) is 19.7. The molecule has 28 heavy (non-hydrogen) atoms. The van der Waals surface area contributed by atoms with Crippen molar-refractivity contribution in [3.8, 4) is 5.75 Å². The number of hydrogen-bond acceptors (Lipinski definition) is 3. The fraction of sp³-hybridized carbons (Fsp3) is 0.364. The molecule has 3 rings (SSSR count). The van der Waals surface area contributed by atoms with Crippen LogP contribution < -0.4 is 20.3 Å². The van der Waals surface area contributed by atoms with Crippen molar-refractivity contribution in [2.75, 3.05) is 18.6 Å². The summed E-state index contributed by atoms with van der Waals surface area (Å²) in [4.78, 5) is 27.3. The third-order valence-corrected chi connectivity index (χ3v) is 4.96. The molecule has 2 aromatic rings. The fourth-order valence-corrected chi connectivity index (χ4v) is 3.41. The van der Waals surface area contributed by atoms with Crippen molar-refractivity contribution >= 4 is 17.6 Å². The number of ether oxygens (including phenoxy) is 1. The Labute approximate surface area is 165 Å². The Hall–Kier alpha value is -3.02. The van der Waals surface area contributed by atoms with Crippen LogP contribution >= 0.6 is 0 Å². The molecule has 2 aromatic carbocycles. The quantitative estimate of drug-likeness (QED) is 0.808. The number of nitrogens with zero attached hydrogens (tertiary/aromatic N) is 1. The normalized spacial score (nSPS) is 13.8. The van der Waals surface area contributed by atoms with Crippen LogP contribution in [0.5, 0.6) is 5.75 Å². The van der Waals surface area contributed by atoms with Gasteiger partial charge in [-0.3, -0.25) is 4.79 Å². The van der Waals surface area contributed by atoms with Crippen molar-refractivity contribution < 1.29 is 14.3 Å². The molecule has 1 aliphatic heterocycles. The summed E-state index contributed by atoms with van der Waals surface area (Å²) >= 11 is 0. The predicted octanol–water partition coefficient (Wildman–Crippen LogP) is 3.11. The van der Waals surface area contributed by atoms with Gasteiger partial charge < -0.3 is 20.3 Å². The second kappa shape index (κ2) is 8.78. The Morgan fingerprint density at radius 1 is 1.14 bits per heavy atom. The highest BCUT2D eigenvalue weighted by molar-refractivity contribution is 6.00. The van der Waals surface area contributed by atoms with Gasteiger partial charge in [0, 0.05) is 18.8 Å². The summed E-state index contributed by atoms with van der Waals surface area (Å²) in [6.45, 7) is 4.88. The van der Waals surface area contributed by atoms with E-state index in [0.29, 0.717) is 13.1 Å². The Bertz CT molecular complexity index is 850. The van der Waals surface area contributed by atoms with Crippen molar-refractivity contribution in [1.29, 1.82) is 0 Å². The summed E-state index contributed by atoms with van der Waals surface area (Å²) < 4.78 is 5.20. The molecule has 0 saturated heterocycles. The Morgan fingerprint density at radius 3 is 2.68 bits per heavy atom. The molecule has 1 atom stereocenters. The SMILES string of the molecule is COc1cccc(CNC(=O)NC(C(=O)N2CCc3ccccc32)C(C)C)c1. The molecule has 0 aliphatic carbocycles. The molecule has 6 heteroatoms. The van der Waals surface area contributed by atoms with Gasteiger partial charge in [-0.15, -0.1) is 0 Å². The molecule has 0 aromatic heterocycles. The smallest absolute Gasteiger partial charge is 0.315 e. The fourth-order valence-electron chi connectivity index (χ4n) is 3.41. The number of urea groups is 1. The van der Waals surface area contributed by atoms with Gasteiger partial charge in [-0.1, -0.05) is 44.2 Å². The van der Waals surface area contributed by atoms with Crippen LogP contribution in [0.15, 0.2) is 48.5 Å². The molecule has 0 fully saturated rings. The van der Waals surface area contributed by atoms with Crippen LogP contribution in [0.2, 0.25) is 0 Å². The van der Waals surface area contributed by atoms with Gasteiger partial charge in [0.2, 0.25) is 5.91 Å². The minimum Gasteiger partial charge on any atom is -0.497 e. The average molecular weight is 381 g/mol. The first-order valence-electron chi connectivity index (χ1n) is 9.56. The van der Waals surface area contributed by atoms with Crippen LogP contribution in [-0.4, -0.2) is 31.6 Å². The molecular weight excluding hydrogens is 354 g/mol. The number of nitrogens with one attached hydrogen (secondary N) is 2. The predicted molar refractivity (Wildman–Crippen MR) is 109 cm³/mol. The summed E-state index contributed by atoms with van der Waals surface area (Å²) in [5.74, 6) is 0.641. The lowest BCUT2D eigenvalue weighted by Gasteiger charge is -2.27. The highest BCUT2D eigenvalue weighted by atomic mass is 16.5. The third kappa shape index (κ3) is 4.44. The van der Waals surface area contributed by atoms with Gasteiger partial charge in [0.15, 0.2) is 0 Å². The van der Waals surface area contributed by atoms with Crippen LogP contribution in [0.1, 0.15) is 25.0 Å². The molecule has 0 spiro atoms. The maximum Gasteiger partial charge on any atom is 0.315 e. The van der Waals surface area contributed by atoms with Crippen molar-refractivity contribution in [1.82, 2.24) is 10.6 Å². The second-order valence-corrected chi connectivity index (χ2v) is 7.27. The third-order valence-electron chi connectivity index (χ3n) is 4.96. The Morgan fingerprint density at radius 2 is 1.93 bits per heavy atom. The minimum atomic E-state index is -0.587. The number of benzene rings is 2. The average Bonchev–Trinajstić information content (AvgIpc) is 3.14. The summed E-state index contributed by atoms with van der Waals surface area (Å²) in [6, 6.07) is 14.5. The van der Waals surface area contributed by atoms with E-state index in [9.17, 15) is 9.59 Å². The van der Waals surface area contributed by atoms with Crippen LogP contribution in [0.4, 0.5) is 10.5 Å². The second-order valence-electron chi connectivity index (χ2n) is 7.27. The number of carbonyl (C=O) groups is 2. The van der Waals surface area contributed by atoms with Gasteiger partial charge in [0.25, 0.3) is 0 Å². The van der Waals surface area contributed by atoms with E-state index < -0.39 is 6.04 Å². The molecule has 148 valence electrons. The number of hydrogen-bond donors (Lipinski definition) is 2. The van der Waals surface area contributed by atoms with Crippen LogP contribution in [0, 0.1) is 5.92 Å². The molecule has 1 unspecified atom stereocenters. The summed E-state index contributed by atoms with van der Waals surface area (Å²) in [7, 11) is 1.61. The van der Waals surface area contributed by atoms with E-state index >= 15 is 0 Å². The Kier molecular flexibility index (Phi) is 6.19. The summed E-state index contributed by atoms with van der Waals surface area (Å²) in [5.41, 5.74) is 3.04. The molecule has 0 saturated carbocycles. The number of amides is 3. The van der Waals surface area contributed by atoms with E-state index in [0.717, 1.165) is 23.4 Å². The van der Waals surface area contributed by atoms with Gasteiger partial charge >= 0.3 is 6.03 Å². The summed E-state index contributed by atoms with van der Waals surface area (Å²) in [6.07, 6.45) is 0.842. The first-order valence-corrected chi connectivity index (χ1v) is 9.56. The maximum atomic E-state index is 13.1. The van der Waals surface area contributed by atoms with E-state index in [-0.39, 0.29) is 17.9 Å². The van der Waals surface area contributed by atoms with E-state index in [1.54, 1.807) is 12.0 Å². The van der Waals surface area contributed by atoms with Crippen molar-refractivity contribution in [3.63, 3.8) is 0 Å². The van der Waals surface area contributed by atoms with Crippen molar-refractivity contribution in [2.24, 2.45) is 5.92 Å². The molecular formula is C22H27N3O3. The van der Waals surface area contributed by atoms with E-state index in [1.165, 1.54) is 5.56 Å². The van der Waals surface area contributed by atoms with Gasteiger partial charge in [-0.25, -0.2) is 4.79 Å². The molecule has 6 nitrogen and oxygen atoms in total. The molecule has 0 radical (unpaired) electrons. The highest BCUT2D eigenvalue weighted by Crippen LogP contribution is 2.28. The zero-order valence-corrected chi connectivity index (χ0v) is 16.6. The highest BCUT2D eigenvalue weighted by Gasteiger charge is 2.32. The summed E-state index contributed by atoms with van der Waals surface area (Å²) in [5, 5.41) is 5.67. The number of carbonyl (C=O) groups excluding carboxylic acids is 2. The number of rotatable bonds is 6.